The van der Waals surface area contributed by atoms with Crippen molar-refractivity contribution >= 4 is 17.7 Å². The summed E-state index contributed by atoms with van der Waals surface area (Å²) in [5.74, 6) is -0.451. The van der Waals surface area contributed by atoms with Crippen molar-refractivity contribution in [3.05, 3.63) is 24.3 Å². The maximum Gasteiger partial charge on any atom is 0.313 e. The number of hydrogen-bond donors (Lipinski definition) is 2. The molecule has 0 aliphatic rings. The van der Waals surface area contributed by atoms with Gasteiger partial charge < -0.3 is 14.9 Å². The van der Waals surface area contributed by atoms with E-state index in [9.17, 15) is 9.90 Å². The second-order valence-electron chi connectivity index (χ2n) is 4.15. The number of aromatic hydroxyl groups is 1. The van der Waals surface area contributed by atoms with Crippen molar-refractivity contribution in [3.8, 4) is 17.1 Å². The van der Waals surface area contributed by atoms with Gasteiger partial charge in [0.2, 0.25) is 0 Å². The summed E-state index contributed by atoms with van der Waals surface area (Å²) < 4.78 is 6.79. The van der Waals surface area contributed by atoms with Gasteiger partial charge in [-0.3, -0.25) is 9.36 Å². The molecule has 1 aromatic carbocycles. The fourth-order valence-corrected chi connectivity index (χ4v) is 2.45. The van der Waals surface area contributed by atoms with Gasteiger partial charge in [0.15, 0.2) is 11.0 Å². The summed E-state index contributed by atoms with van der Waals surface area (Å²) in [5.41, 5.74) is 0.545. The van der Waals surface area contributed by atoms with Crippen LogP contribution in [0.4, 0.5) is 0 Å². The molecule has 112 valence electrons. The number of aliphatic carboxylic acids is 1. The molecule has 2 aromatic rings. The molecule has 8 heteroatoms. The van der Waals surface area contributed by atoms with Crippen molar-refractivity contribution in [2.75, 3.05) is 19.5 Å². The van der Waals surface area contributed by atoms with Crippen LogP contribution in [0.15, 0.2) is 29.4 Å². The smallest absolute Gasteiger partial charge is 0.313 e. The number of phenols is 1. The highest BCUT2D eigenvalue weighted by molar-refractivity contribution is 7.99. The highest BCUT2D eigenvalue weighted by Gasteiger charge is 2.17. The van der Waals surface area contributed by atoms with Crippen molar-refractivity contribution in [3.63, 3.8) is 0 Å². The first kappa shape index (κ1) is 15.3. The highest BCUT2D eigenvalue weighted by Crippen LogP contribution is 2.29. The Morgan fingerprint density at radius 1 is 1.38 bits per heavy atom. The summed E-state index contributed by atoms with van der Waals surface area (Å²) in [6.45, 7) is 0.897. The van der Waals surface area contributed by atoms with Crippen LogP contribution in [0.1, 0.15) is 0 Å². The molecule has 0 aliphatic heterocycles. The Morgan fingerprint density at radius 3 is 2.81 bits per heavy atom. The minimum Gasteiger partial charge on any atom is -0.507 e. The Hall–Kier alpha value is -2.06. The molecule has 21 heavy (non-hydrogen) atoms. The van der Waals surface area contributed by atoms with E-state index in [-0.39, 0.29) is 11.5 Å². The van der Waals surface area contributed by atoms with Gasteiger partial charge >= 0.3 is 5.97 Å². The number of carboxylic acids is 1. The molecule has 0 spiro atoms. The van der Waals surface area contributed by atoms with Crippen LogP contribution >= 0.6 is 11.8 Å². The Kier molecular flexibility index (Phi) is 5.18. The van der Waals surface area contributed by atoms with Gasteiger partial charge in [0.1, 0.15) is 5.75 Å². The molecule has 0 amide bonds. The third-order valence-electron chi connectivity index (χ3n) is 2.71. The molecule has 0 saturated heterocycles. The van der Waals surface area contributed by atoms with Crippen LogP contribution in [0.5, 0.6) is 5.75 Å². The van der Waals surface area contributed by atoms with E-state index in [1.807, 2.05) is 0 Å². The van der Waals surface area contributed by atoms with Crippen molar-refractivity contribution in [1.82, 2.24) is 14.8 Å². The van der Waals surface area contributed by atoms with Gasteiger partial charge in [-0.1, -0.05) is 23.9 Å². The number of carboxylic acid groups (broad SMARTS) is 1. The maximum absolute atomic E-state index is 10.7. The van der Waals surface area contributed by atoms with E-state index < -0.39 is 5.97 Å². The van der Waals surface area contributed by atoms with Crippen molar-refractivity contribution in [2.24, 2.45) is 0 Å². The number of carbonyl (C=O) groups is 1. The molecule has 0 saturated carbocycles. The third-order valence-corrected chi connectivity index (χ3v) is 3.66. The van der Waals surface area contributed by atoms with Crippen molar-refractivity contribution in [2.45, 2.75) is 11.7 Å². The van der Waals surface area contributed by atoms with E-state index in [0.717, 1.165) is 11.8 Å². The molecule has 1 heterocycles. The number of aromatic nitrogens is 3. The number of thioether (sulfide) groups is 1. The lowest BCUT2D eigenvalue weighted by atomic mass is 10.2. The number of methoxy groups -OCH3 is 1. The zero-order valence-corrected chi connectivity index (χ0v) is 12.2. The first-order valence-corrected chi connectivity index (χ1v) is 7.17. The molecule has 0 atom stereocenters. The molecule has 2 N–H and O–H groups in total. The fourth-order valence-electron chi connectivity index (χ4n) is 1.77. The topological polar surface area (TPSA) is 97.5 Å². The summed E-state index contributed by atoms with van der Waals surface area (Å²) >= 11 is 1.08. The SMILES string of the molecule is COCCn1c(SCC(=O)O)nnc1-c1ccccc1O. The molecule has 0 fully saturated rings. The number of rotatable bonds is 7. The van der Waals surface area contributed by atoms with Crippen molar-refractivity contribution < 1.29 is 19.7 Å². The lowest BCUT2D eigenvalue weighted by molar-refractivity contribution is -0.133. The number of ether oxygens (including phenoxy) is 1. The number of para-hydroxylation sites is 1. The Morgan fingerprint density at radius 2 is 2.14 bits per heavy atom. The third kappa shape index (κ3) is 3.73. The number of nitrogens with zero attached hydrogens (tertiary/aromatic N) is 3. The van der Waals surface area contributed by atoms with Gasteiger partial charge in [-0.15, -0.1) is 10.2 Å². The molecular formula is C13H15N3O4S. The lowest BCUT2D eigenvalue weighted by Gasteiger charge is -2.10. The molecule has 2 rings (SSSR count). The summed E-state index contributed by atoms with van der Waals surface area (Å²) in [7, 11) is 1.58. The molecule has 1 aromatic heterocycles. The number of benzene rings is 1. The summed E-state index contributed by atoms with van der Waals surface area (Å²) in [4.78, 5) is 10.7. The fraction of sp³-hybridized carbons (Fsp3) is 0.308. The predicted octanol–water partition coefficient (Wildman–Crippen LogP) is 1.47. The predicted molar refractivity (Wildman–Crippen MR) is 77.4 cm³/mol. The second-order valence-corrected chi connectivity index (χ2v) is 5.09. The molecular weight excluding hydrogens is 294 g/mol. The number of hydrogen-bond acceptors (Lipinski definition) is 6. The minimum atomic E-state index is -0.926. The number of phenolic OH excluding ortho intramolecular Hbond substituents is 1. The van der Waals surface area contributed by atoms with E-state index in [2.05, 4.69) is 10.2 Å². The van der Waals surface area contributed by atoms with Crippen LogP contribution in [0, 0.1) is 0 Å². The van der Waals surface area contributed by atoms with Gasteiger partial charge in [-0.25, -0.2) is 0 Å². The average molecular weight is 309 g/mol. The highest BCUT2D eigenvalue weighted by atomic mass is 32.2. The first-order chi connectivity index (χ1) is 10.1. The van der Waals surface area contributed by atoms with Gasteiger partial charge in [-0.05, 0) is 12.1 Å². The quantitative estimate of drug-likeness (QED) is 0.747. The van der Waals surface area contributed by atoms with E-state index in [0.29, 0.717) is 29.7 Å². The zero-order chi connectivity index (χ0) is 15.2. The molecule has 0 radical (unpaired) electrons. The molecule has 0 unspecified atom stereocenters. The van der Waals surface area contributed by atoms with E-state index in [1.54, 1.807) is 35.9 Å². The Balaban J connectivity index is 2.36. The second kappa shape index (κ2) is 7.09. The molecule has 0 aliphatic carbocycles. The van der Waals surface area contributed by atoms with Crippen LogP contribution < -0.4 is 0 Å². The minimum absolute atomic E-state index is 0.0957. The van der Waals surface area contributed by atoms with E-state index in [4.69, 9.17) is 9.84 Å². The zero-order valence-electron chi connectivity index (χ0n) is 11.4. The van der Waals surface area contributed by atoms with E-state index >= 15 is 0 Å². The van der Waals surface area contributed by atoms with Crippen LogP contribution in [0.25, 0.3) is 11.4 Å². The van der Waals surface area contributed by atoms with Gasteiger partial charge in [0.05, 0.1) is 24.5 Å². The largest absolute Gasteiger partial charge is 0.507 e. The average Bonchev–Trinajstić information content (AvgIpc) is 2.86. The van der Waals surface area contributed by atoms with Crippen molar-refractivity contribution in [1.29, 1.82) is 0 Å². The van der Waals surface area contributed by atoms with Gasteiger partial charge in [0, 0.05) is 7.11 Å². The van der Waals surface area contributed by atoms with Crippen LogP contribution in [-0.4, -0.2) is 50.4 Å². The molecule has 0 bridgehead atoms. The Labute approximate surface area is 125 Å². The van der Waals surface area contributed by atoms with E-state index in [1.165, 1.54) is 0 Å². The normalized spacial score (nSPS) is 10.7. The Bertz CT molecular complexity index is 630. The van der Waals surface area contributed by atoms with Crippen LogP contribution in [-0.2, 0) is 16.1 Å². The summed E-state index contributed by atoms with van der Waals surface area (Å²) in [5, 5.41) is 27.2. The first-order valence-electron chi connectivity index (χ1n) is 6.18. The summed E-state index contributed by atoms with van der Waals surface area (Å²) in [6, 6.07) is 6.80. The monoisotopic (exact) mass is 309 g/mol. The maximum atomic E-state index is 10.7. The summed E-state index contributed by atoms with van der Waals surface area (Å²) in [6.07, 6.45) is 0. The van der Waals surface area contributed by atoms with Gasteiger partial charge in [-0.2, -0.15) is 0 Å². The van der Waals surface area contributed by atoms with Crippen LogP contribution in [0.3, 0.4) is 0 Å². The van der Waals surface area contributed by atoms with Crippen LogP contribution in [0.2, 0.25) is 0 Å². The molecule has 7 nitrogen and oxygen atoms in total. The standard InChI is InChI=1S/C13H15N3O4S/c1-20-7-6-16-12(9-4-2-3-5-10(9)17)14-15-13(16)21-8-11(18)19/h2-5,17H,6-8H2,1H3,(H,18,19). The lowest BCUT2D eigenvalue weighted by Crippen LogP contribution is -2.08. The van der Waals surface area contributed by atoms with Gasteiger partial charge in [0.25, 0.3) is 0 Å².